The molecule has 4 nitrogen and oxygen atoms in total. The van der Waals surface area contributed by atoms with Crippen molar-refractivity contribution < 1.29 is 5.11 Å². The number of hydrogen-bond donors (Lipinski definition) is 2. The molecule has 1 aliphatic carbocycles. The van der Waals surface area contributed by atoms with E-state index in [4.69, 9.17) is 5.73 Å². The Morgan fingerprint density at radius 3 is 2.05 bits per heavy atom. The molecule has 0 aromatic carbocycles. The fourth-order valence-corrected chi connectivity index (χ4v) is 3.68. The van der Waals surface area contributed by atoms with E-state index in [-0.39, 0.29) is 0 Å². The topological polar surface area (TPSA) is 52.7 Å². The van der Waals surface area contributed by atoms with Crippen LogP contribution in [0.2, 0.25) is 0 Å². The SMILES string of the molecule is CC(C)(O)CN1CCN(CC2(CN)CCCC2)CC1. The predicted molar refractivity (Wildman–Crippen MR) is 79.1 cm³/mol. The van der Waals surface area contributed by atoms with E-state index in [9.17, 15) is 5.11 Å². The molecule has 1 aliphatic heterocycles. The summed E-state index contributed by atoms with van der Waals surface area (Å²) in [6.07, 6.45) is 5.34. The fraction of sp³-hybridized carbons (Fsp3) is 1.00. The zero-order valence-corrected chi connectivity index (χ0v) is 12.7. The number of piperazine rings is 1. The second kappa shape index (κ2) is 6.08. The van der Waals surface area contributed by atoms with Crippen LogP contribution in [-0.4, -0.2) is 66.3 Å². The monoisotopic (exact) mass is 269 g/mol. The highest BCUT2D eigenvalue weighted by Gasteiger charge is 2.35. The summed E-state index contributed by atoms with van der Waals surface area (Å²) in [5, 5.41) is 9.87. The van der Waals surface area contributed by atoms with E-state index in [0.717, 1.165) is 39.3 Å². The van der Waals surface area contributed by atoms with Gasteiger partial charge >= 0.3 is 0 Å². The Balaban J connectivity index is 1.77. The molecule has 3 N–H and O–H groups in total. The Kier molecular flexibility index (Phi) is 4.88. The fourth-order valence-electron chi connectivity index (χ4n) is 3.68. The van der Waals surface area contributed by atoms with Crippen molar-refractivity contribution in [2.75, 3.05) is 45.8 Å². The minimum absolute atomic E-state index is 0.401. The van der Waals surface area contributed by atoms with Gasteiger partial charge in [-0.2, -0.15) is 0 Å². The molecule has 0 unspecified atom stereocenters. The predicted octanol–water partition coefficient (Wildman–Crippen LogP) is 0.894. The van der Waals surface area contributed by atoms with E-state index >= 15 is 0 Å². The standard InChI is InChI=1S/C15H31N3O/c1-14(2,19)12-17-7-9-18(10-8-17)13-15(11-16)5-3-4-6-15/h19H,3-13,16H2,1-2H3. The van der Waals surface area contributed by atoms with Gasteiger partial charge in [0.2, 0.25) is 0 Å². The molecule has 0 aromatic rings. The van der Waals surface area contributed by atoms with Crippen LogP contribution in [0.3, 0.4) is 0 Å². The van der Waals surface area contributed by atoms with E-state index in [2.05, 4.69) is 9.80 Å². The van der Waals surface area contributed by atoms with Crippen LogP contribution < -0.4 is 5.73 Å². The molecule has 1 saturated heterocycles. The van der Waals surface area contributed by atoms with Crippen LogP contribution in [0.5, 0.6) is 0 Å². The van der Waals surface area contributed by atoms with Gasteiger partial charge in [-0.25, -0.2) is 0 Å². The summed E-state index contributed by atoms with van der Waals surface area (Å²) in [5.41, 5.74) is 5.85. The lowest BCUT2D eigenvalue weighted by Gasteiger charge is -2.41. The third-order valence-corrected chi connectivity index (χ3v) is 4.73. The van der Waals surface area contributed by atoms with Gasteiger partial charge in [-0.3, -0.25) is 4.90 Å². The van der Waals surface area contributed by atoms with Crippen molar-refractivity contribution in [3.05, 3.63) is 0 Å². The highest BCUT2D eigenvalue weighted by Crippen LogP contribution is 2.37. The second-order valence-electron chi connectivity index (χ2n) is 7.28. The molecule has 2 fully saturated rings. The number of nitrogens with zero attached hydrogens (tertiary/aromatic N) is 2. The van der Waals surface area contributed by atoms with Crippen LogP contribution in [-0.2, 0) is 0 Å². The summed E-state index contributed by atoms with van der Waals surface area (Å²) >= 11 is 0. The lowest BCUT2D eigenvalue weighted by molar-refractivity contribution is 0.0114. The number of nitrogens with two attached hydrogens (primary N) is 1. The number of rotatable bonds is 5. The normalized spacial score (nSPS) is 25.9. The Morgan fingerprint density at radius 1 is 1.05 bits per heavy atom. The van der Waals surface area contributed by atoms with Crippen LogP contribution in [0.15, 0.2) is 0 Å². The van der Waals surface area contributed by atoms with E-state index in [1.165, 1.54) is 32.2 Å². The number of β-amino-alcohol motifs (C(OH)–C–C–N with tert-alkyl or cyclic N) is 1. The highest BCUT2D eigenvalue weighted by molar-refractivity contribution is 4.90. The first-order chi connectivity index (χ1) is 8.92. The molecule has 2 aliphatic rings. The zero-order chi connectivity index (χ0) is 13.9. The number of hydrogen-bond acceptors (Lipinski definition) is 4. The second-order valence-corrected chi connectivity index (χ2v) is 7.28. The first-order valence-corrected chi connectivity index (χ1v) is 7.80. The summed E-state index contributed by atoms with van der Waals surface area (Å²) in [6.45, 7) is 11.0. The summed E-state index contributed by atoms with van der Waals surface area (Å²) < 4.78 is 0. The molecule has 1 saturated carbocycles. The van der Waals surface area contributed by atoms with Gasteiger partial charge in [0.25, 0.3) is 0 Å². The maximum Gasteiger partial charge on any atom is 0.0718 e. The van der Waals surface area contributed by atoms with Gasteiger partial charge in [-0.05, 0) is 38.6 Å². The van der Waals surface area contributed by atoms with Gasteiger partial charge in [-0.15, -0.1) is 0 Å². The van der Waals surface area contributed by atoms with Gasteiger partial charge in [-0.1, -0.05) is 12.8 Å². The van der Waals surface area contributed by atoms with Gasteiger partial charge in [0.1, 0.15) is 0 Å². The summed E-state index contributed by atoms with van der Waals surface area (Å²) in [5.74, 6) is 0. The molecular weight excluding hydrogens is 238 g/mol. The molecule has 0 radical (unpaired) electrons. The van der Waals surface area contributed by atoms with Crippen molar-refractivity contribution in [3.63, 3.8) is 0 Å². The molecule has 19 heavy (non-hydrogen) atoms. The first-order valence-electron chi connectivity index (χ1n) is 7.80. The Labute approximate surface area is 117 Å². The van der Waals surface area contributed by atoms with Crippen molar-refractivity contribution in [1.29, 1.82) is 0 Å². The molecule has 1 heterocycles. The summed E-state index contributed by atoms with van der Waals surface area (Å²) in [6, 6.07) is 0. The van der Waals surface area contributed by atoms with Crippen LogP contribution in [0, 0.1) is 5.41 Å². The minimum atomic E-state index is -0.577. The maximum atomic E-state index is 9.87. The number of aliphatic hydroxyl groups is 1. The molecule has 4 heteroatoms. The van der Waals surface area contributed by atoms with Crippen molar-refractivity contribution in [3.8, 4) is 0 Å². The Bertz CT molecular complexity index is 274. The van der Waals surface area contributed by atoms with Gasteiger partial charge < -0.3 is 15.7 Å². The Hall–Kier alpha value is -0.160. The maximum absolute atomic E-state index is 9.87. The first kappa shape index (κ1) is 15.2. The molecule has 0 atom stereocenters. The highest BCUT2D eigenvalue weighted by atomic mass is 16.3. The largest absolute Gasteiger partial charge is 0.389 e. The lowest BCUT2D eigenvalue weighted by atomic mass is 9.85. The van der Waals surface area contributed by atoms with E-state index in [1.807, 2.05) is 13.8 Å². The van der Waals surface area contributed by atoms with Crippen molar-refractivity contribution in [2.45, 2.75) is 45.1 Å². The van der Waals surface area contributed by atoms with Crippen LogP contribution >= 0.6 is 0 Å². The summed E-state index contributed by atoms with van der Waals surface area (Å²) in [7, 11) is 0. The Morgan fingerprint density at radius 2 is 1.58 bits per heavy atom. The van der Waals surface area contributed by atoms with Crippen molar-refractivity contribution in [1.82, 2.24) is 9.80 Å². The molecule has 0 bridgehead atoms. The average Bonchev–Trinajstić information content (AvgIpc) is 2.79. The third-order valence-electron chi connectivity index (χ3n) is 4.73. The van der Waals surface area contributed by atoms with E-state index in [1.54, 1.807) is 0 Å². The molecule has 0 amide bonds. The third kappa shape index (κ3) is 4.42. The molecule has 0 aromatic heterocycles. The molecular formula is C15H31N3O. The molecule has 112 valence electrons. The van der Waals surface area contributed by atoms with E-state index in [0.29, 0.717) is 5.41 Å². The van der Waals surface area contributed by atoms with Crippen molar-refractivity contribution >= 4 is 0 Å². The quantitative estimate of drug-likeness (QED) is 0.778. The van der Waals surface area contributed by atoms with E-state index < -0.39 is 5.60 Å². The van der Waals surface area contributed by atoms with Gasteiger partial charge in [0.15, 0.2) is 0 Å². The zero-order valence-electron chi connectivity index (χ0n) is 12.7. The molecule has 2 rings (SSSR count). The lowest BCUT2D eigenvalue weighted by Crippen LogP contribution is -2.53. The summed E-state index contributed by atoms with van der Waals surface area (Å²) in [4.78, 5) is 4.96. The molecule has 0 spiro atoms. The van der Waals surface area contributed by atoms with Crippen molar-refractivity contribution in [2.24, 2.45) is 11.1 Å². The minimum Gasteiger partial charge on any atom is -0.389 e. The van der Waals surface area contributed by atoms with Gasteiger partial charge in [0, 0.05) is 39.3 Å². The van der Waals surface area contributed by atoms with Crippen LogP contribution in [0.1, 0.15) is 39.5 Å². The van der Waals surface area contributed by atoms with Gasteiger partial charge in [0.05, 0.1) is 5.60 Å². The van der Waals surface area contributed by atoms with Crippen LogP contribution in [0.25, 0.3) is 0 Å². The van der Waals surface area contributed by atoms with Crippen LogP contribution in [0.4, 0.5) is 0 Å². The smallest absolute Gasteiger partial charge is 0.0718 e. The average molecular weight is 269 g/mol.